The van der Waals surface area contributed by atoms with Crippen molar-refractivity contribution in [2.24, 2.45) is 0 Å². The highest BCUT2D eigenvalue weighted by atomic mass is 16.7. The lowest BCUT2D eigenvalue weighted by molar-refractivity contribution is -0.0135. The van der Waals surface area contributed by atoms with E-state index in [0.29, 0.717) is 36.9 Å². The number of hydrogen-bond acceptors (Lipinski definition) is 4. The van der Waals surface area contributed by atoms with Gasteiger partial charge in [-0.05, 0) is 17.7 Å². The van der Waals surface area contributed by atoms with E-state index in [1.807, 2.05) is 30.3 Å². The van der Waals surface area contributed by atoms with Crippen LogP contribution in [0.1, 0.15) is 11.7 Å². The summed E-state index contributed by atoms with van der Waals surface area (Å²) in [5.74, 6) is 1.35. The smallest absolute Gasteiger partial charge is 0.322 e. The lowest BCUT2D eigenvalue weighted by Gasteiger charge is -2.33. The van der Waals surface area contributed by atoms with Crippen LogP contribution in [0.5, 0.6) is 11.5 Å². The van der Waals surface area contributed by atoms with Crippen LogP contribution in [0.2, 0.25) is 0 Å². The summed E-state index contributed by atoms with van der Waals surface area (Å²) in [6.45, 7) is 1.84. The topological polar surface area (TPSA) is 60.0 Å². The molecule has 0 spiro atoms. The molecule has 0 aromatic heterocycles. The third kappa shape index (κ3) is 3.00. The number of rotatable bonds is 2. The van der Waals surface area contributed by atoms with E-state index in [-0.39, 0.29) is 18.9 Å². The molecule has 2 aliphatic rings. The van der Waals surface area contributed by atoms with Crippen molar-refractivity contribution >= 4 is 11.7 Å². The molecule has 24 heavy (non-hydrogen) atoms. The fraction of sp³-hybridized carbons (Fsp3) is 0.278. The number of carbonyl (C=O) groups excluding carboxylic acids is 1. The van der Waals surface area contributed by atoms with Gasteiger partial charge in [0.15, 0.2) is 11.5 Å². The third-order valence-electron chi connectivity index (χ3n) is 4.15. The molecular weight excluding hydrogens is 308 g/mol. The van der Waals surface area contributed by atoms with E-state index < -0.39 is 0 Å². The highest BCUT2D eigenvalue weighted by Gasteiger charge is 2.25. The Bertz CT molecular complexity index is 735. The molecule has 2 aromatic carbocycles. The van der Waals surface area contributed by atoms with Crippen LogP contribution in [0.25, 0.3) is 0 Å². The van der Waals surface area contributed by atoms with Gasteiger partial charge in [-0.3, -0.25) is 0 Å². The standard InChI is InChI=1S/C18H18N2O4/c21-18(19-14-6-7-15-16(10-14)24-12-23-15)20-8-9-22-17(11-20)13-4-2-1-3-5-13/h1-7,10,17H,8-9,11-12H2,(H,19,21)/t17-/m0/s1. The molecule has 2 aliphatic heterocycles. The Labute approximate surface area is 139 Å². The Balaban J connectivity index is 1.42. The minimum atomic E-state index is -0.141. The minimum Gasteiger partial charge on any atom is -0.454 e. The van der Waals surface area contributed by atoms with Crippen LogP contribution in [0, 0.1) is 0 Å². The van der Waals surface area contributed by atoms with Gasteiger partial charge in [-0.15, -0.1) is 0 Å². The number of anilines is 1. The number of urea groups is 1. The van der Waals surface area contributed by atoms with Gasteiger partial charge in [-0.25, -0.2) is 4.79 Å². The Kier molecular flexibility index (Phi) is 3.96. The number of hydrogen-bond donors (Lipinski definition) is 1. The molecule has 0 radical (unpaired) electrons. The zero-order valence-corrected chi connectivity index (χ0v) is 13.1. The molecular formula is C18H18N2O4. The van der Waals surface area contributed by atoms with Crippen molar-refractivity contribution in [3.63, 3.8) is 0 Å². The number of carbonyl (C=O) groups is 1. The number of nitrogens with zero attached hydrogens (tertiary/aromatic N) is 1. The van der Waals surface area contributed by atoms with Crippen LogP contribution in [-0.2, 0) is 4.74 Å². The van der Waals surface area contributed by atoms with E-state index >= 15 is 0 Å². The lowest BCUT2D eigenvalue weighted by Crippen LogP contribution is -2.44. The zero-order chi connectivity index (χ0) is 16.4. The van der Waals surface area contributed by atoms with Gasteiger partial charge >= 0.3 is 6.03 Å². The van der Waals surface area contributed by atoms with Gasteiger partial charge in [-0.2, -0.15) is 0 Å². The van der Waals surface area contributed by atoms with Crippen molar-refractivity contribution in [1.82, 2.24) is 4.90 Å². The van der Waals surface area contributed by atoms with E-state index in [1.165, 1.54) is 0 Å². The summed E-state index contributed by atoms with van der Waals surface area (Å²) in [4.78, 5) is 14.3. The summed E-state index contributed by atoms with van der Waals surface area (Å²) in [5, 5.41) is 2.91. The van der Waals surface area contributed by atoms with Gasteiger partial charge in [0.05, 0.1) is 13.2 Å². The average molecular weight is 326 g/mol. The van der Waals surface area contributed by atoms with Gasteiger partial charge in [0, 0.05) is 18.3 Å². The molecule has 0 unspecified atom stereocenters. The Morgan fingerprint density at radius 3 is 2.79 bits per heavy atom. The molecule has 6 heteroatoms. The van der Waals surface area contributed by atoms with Crippen LogP contribution in [0.4, 0.5) is 10.5 Å². The Morgan fingerprint density at radius 2 is 1.92 bits per heavy atom. The van der Waals surface area contributed by atoms with Crippen molar-refractivity contribution in [2.75, 3.05) is 31.8 Å². The van der Waals surface area contributed by atoms with Crippen LogP contribution < -0.4 is 14.8 Å². The molecule has 2 aromatic rings. The van der Waals surface area contributed by atoms with E-state index in [4.69, 9.17) is 14.2 Å². The third-order valence-corrected chi connectivity index (χ3v) is 4.15. The minimum absolute atomic E-state index is 0.0950. The second-order valence-electron chi connectivity index (χ2n) is 5.71. The number of nitrogens with one attached hydrogen (secondary N) is 1. The van der Waals surface area contributed by atoms with Gasteiger partial charge in [0.25, 0.3) is 0 Å². The van der Waals surface area contributed by atoms with Crippen LogP contribution in [0.3, 0.4) is 0 Å². The summed E-state index contributed by atoms with van der Waals surface area (Å²) in [6.07, 6.45) is -0.0950. The maximum Gasteiger partial charge on any atom is 0.322 e. The largest absolute Gasteiger partial charge is 0.454 e. The second-order valence-corrected chi connectivity index (χ2v) is 5.71. The fourth-order valence-electron chi connectivity index (χ4n) is 2.88. The van der Waals surface area contributed by atoms with E-state index in [0.717, 1.165) is 5.56 Å². The van der Waals surface area contributed by atoms with Crippen LogP contribution in [0.15, 0.2) is 48.5 Å². The maximum atomic E-state index is 12.5. The van der Waals surface area contributed by atoms with E-state index in [1.54, 1.807) is 23.1 Å². The van der Waals surface area contributed by atoms with E-state index in [9.17, 15) is 4.79 Å². The molecule has 1 saturated heterocycles. The zero-order valence-electron chi connectivity index (χ0n) is 13.1. The van der Waals surface area contributed by atoms with Gasteiger partial charge in [0.1, 0.15) is 6.10 Å². The molecule has 0 saturated carbocycles. The monoisotopic (exact) mass is 326 g/mol. The van der Waals surface area contributed by atoms with Crippen molar-refractivity contribution in [3.8, 4) is 11.5 Å². The van der Waals surface area contributed by atoms with Crippen molar-refractivity contribution < 1.29 is 19.0 Å². The highest BCUT2D eigenvalue weighted by molar-refractivity contribution is 5.89. The molecule has 6 nitrogen and oxygen atoms in total. The predicted molar refractivity (Wildman–Crippen MR) is 88.3 cm³/mol. The molecule has 2 heterocycles. The first-order valence-corrected chi connectivity index (χ1v) is 7.92. The number of ether oxygens (including phenoxy) is 3. The normalized spacial score (nSPS) is 19.2. The SMILES string of the molecule is O=C(Nc1ccc2c(c1)OCO2)N1CCO[C@H](c2ccccc2)C1. The second kappa shape index (κ2) is 6.41. The quantitative estimate of drug-likeness (QED) is 0.921. The molecule has 0 bridgehead atoms. The molecule has 0 aliphatic carbocycles. The van der Waals surface area contributed by atoms with Crippen molar-refractivity contribution in [1.29, 1.82) is 0 Å². The summed E-state index contributed by atoms with van der Waals surface area (Å²) < 4.78 is 16.4. The van der Waals surface area contributed by atoms with Gasteiger partial charge < -0.3 is 24.4 Å². The van der Waals surface area contributed by atoms with E-state index in [2.05, 4.69) is 5.32 Å². The van der Waals surface area contributed by atoms with Gasteiger partial charge in [0.2, 0.25) is 6.79 Å². The van der Waals surface area contributed by atoms with Gasteiger partial charge in [-0.1, -0.05) is 30.3 Å². The molecule has 1 atom stereocenters. The summed E-state index contributed by atoms with van der Waals surface area (Å²) in [5.41, 5.74) is 1.77. The number of morpholine rings is 1. The summed E-state index contributed by atoms with van der Waals surface area (Å²) in [6, 6.07) is 15.2. The molecule has 1 fully saturated rings. The van der Waals surface area contributed by atoms with Crippen molar-refractivity contribution in [2.45, 2.75) is 6.10 Å². The first-order chi connectivity index (χ1) is 11.8. The summed E-state index contributed by atoms with van der Waals surface area (Å²) in [7, 11) is 0. The lowest BCUT2D eigenvalue weighted by atomic mass is 10.1. The summed E-state index contributed by atoms with van der Waals surface area (Å²) >= 11 is 0. The van der Waals surface area contributed by atoms with Crippen LogP contribution >= 0.6 is 0 Å². The number of amides is 2. The molecule has 4 rings (SSSR count). The highest BCUT2D eigenvalue weighted by Crippen LogP contribution is 2.34. The number of benzene rings is 2. The maximum absolute atomic E-state index is 12.5. The van der Waals surface area contributed by atoms with Crippen LogP contribution in [-0.4, -0.2) is 37.4 Å². The first kappa shape index (κ1) is 14.8. The Morgan fingerprint density at radius 1 is 1.08 bits per heavy atom. The molecule has 2 amide bonds. The predicted octanol–water partition coefficient (Wildman–Crippen LogP) is 3.02. The fourth-order valence-corrected chi connectivity index (χ4v) is 2.88. The number of fused-ring (bicyclic) bond motifs is 1. The average Bonchev–Trinajstić information content (AvgIpc) is 3.10. The molecule has 124 valence electrons. The first-order valence-electron chi connectivity index (χ1n) is 7.92. The molecule has 1 N–H and O–H groups in total. The Hall–Kier alpha value is -2.73. The van der Waals surface area contributed by atoms with Crippen molar-refractivity contribution in [3.05, 3.63) is 54.1 Å².